The van der Waals surface area contributed by atoms with Crippen LogP contribution in [0.5, 0.6) is 0 Å². The zero-order valence-electron chi connectivity index (χ0n) is 15.2. The minimum atomic E-state index is -0.872. The van der Waals surface area contributed by atoms with Crippen molar-refractivity contribution in [2.75, 3.05) is 14.2 Å². The summed E-state index contributed by atoms with van der Waals surface area (Å²) in [5.74, 6) is 0.408. The third-order valence-corrected chi connectivity index (χ3v) is 4.98. The second kappa shape index (κ2) is 8.01. The van der Waals surface area contributed by atoms with Crippen molar-refractivity contribution < 1.29 is 28.5 Å². The van der Waals surface area contributed by atoms with Crippen LogP contribution in [0.3, 0.4) is 0 Å². The molecule has 0 bridgehead atoms. The molecule has 0 N–H and O–H groups in total. The summed E-state index contributed by atoms with van der Waals surface area (Å²) in [5, 5.41) is 0. The zero-order valence-corrected chi connectivity index (χ0v) is 15.2. The Morgan fingerprint density at radius 2 is 1.92 bits per heavy atom. The van der Waals surface area contributed by atoms with E-state index in [1.54, 1.807) is 0 Å². The van der Waals surface area contributed by atoms with E-state index >= 15 is 0 Å². The number of methoxy groups -OCH3 is 2. The van der Waals surface area contributed by atoms with Crippen LogP contribution in [0.15, 0.2) is 11.3 Å². The summed E-state index contributed by atoms with van der Waals surface area (Å²) in [5.41, 5.74) is 0.412. The molecule has 0 unspecified atom stereocenters. The number of carbonyl (C=O) groups is 2. The molecule has 1 saturated heterocycles. The van der Waals surface area contributed by atoms with Crippen molar-refractivity contribution in [3.8, 4) is 0 Å². The largest absolute Gasteiger partial charge is 0.490 e. The van der Waals surface area contributed by atoms with E-state index in [1.165, 1.54) is 20.6 Å². The molecule has 1 heterocycles. The van der Waals surface area contributed by atoms with Crippen LogP contribution in [0, 0.1) is 17.8 Å². The average Bonchev–Trinajstić information content (AvgIpc) is 2.88. The van der Waals surface area contributed by atoms with Crippen LogP contribution in [-0.2, 0) is 28.5 Å². The highest BCUT2D eigenvalue weighted by molar-refractivity contribution is 5.89. The van der Waals surface area contributed by atoms with Gasteiger partial charge in [0.25, 0.3) is 0 Å². The fourth-order valence-electron chi connectivity index (χ4n) is 3.64. The van der Waals surface area contributed by atoms with E-state index < -0.39 is 18.2 Å². The van der Waals surface area contributed by atoms with Gasteiger partial charge in [-0.05, 0) is 30.6 Å². The lowest BCUT2D eigenvalue weighted by molar-refractivity contribution is -0.179. The number of rotatable bonds is 5. The van der Waals surface area contributed by atoms with Crippen LogP contribution in [0.4, 0.5) is 0 Å². The number of carbonyl (C=O) groups excluding carboxylic acids is 2. The number of hydrogen-bond donors (Lipinski definition) is 0. The van der Waals surface area contributed by atoms with Gasteiger partial charge in [-0.15, -0.1) is 0 Å². The molecule has 0 amide bonds. The smallest absolute Gasteiger partial charge is 0.373 e. The second-order valence-electron chi connectivity index (χ2n) is 7.05. The third-order valence-electron chi connectivity index (χ3n) is 4.98. The molecule has 1 aliphatic carbocycles. The van der Waals surface area contributed by atoms with Crippen molar-refractivity contribution in [1.82, 2.24) is 0 Å². The van der Waals surface area contributed by atoms with E-state index in [-0.39, 0.29) is 18.3 Å². The molecule has 1 saturated carbocycles. The van der Waals surface area contributed by atoms with Gasteiger partial charge in [0.05, 0.1) is 32.3 Å². The molecule has 4 atom stereocenters. The van der Waals surface area contributed by atoms with Crippen LogP contribution in [0.1, 0.15) is 46.5 Å². The van der Waals surface area contributed by atoms with E-state index in [2.05, 4.69) is 20.8 Å². The molecule has 6 heteroatoms. The summed E-state index contributed by atoms with van der Waals surface area (Å²) in [6.45, 7) is 6.58. The highest BCUT2D eigenvalue weighted by Gasteiger charge is 2.40. The van der Waals surface area contributed by atoms with Gasteiger partial charge in [0.1, 0.15) is 0 Å². The van der Waals surface area contributed by atoms with Crippen molar-refractivity contribution >= 4 is 11.9 Å². The van der Waals surface area contributed by atoms with E-state index in [4.69, 9.17) is 18.9 Å². The number of cyclic esters (lactones) is 1. The van der Waals surface area contributed by atoms with Crippen LogP contribution in [-0.4, -0.2) is 38.6 Å². The van der Waals surface area contributed by atoms with Crippen LogP contribution < -0.4 is 0 Å². The van der Waals surface area contributed by atoms with Gasteiger partial charge in [0, 0.05) is 0 Å². The fourth-order valence-corrected chi connectivity index (χ4v) is 3.64. The highest BCUT2D eigenvalue weighted by Crippen LogP contribution is 2.38. The summed E-state index contributed by atoms with van der Waals surface area (Å²) in [4.78, 5) is 23.6. The molecule has 0 aromatic rings. The Bertz CT molecular complexity index is 510. The molecular formula is C18H28O6. The summed E-state index contributed by atoms with van der Waals surface area (Å²) < 4.78 is 21.3. The summed E-state index contributed by atoms with van der Waals surface area (Å²) in [6, 6.07) is 0. The summed E-state index contributed by atoms with van der Waals surface area (Å²) in [7, 11) is 2.64. The van der Waals surface area contributed by atoms with E-state index in [9.17, 15) is 9.59 Å². The van der Waals surface area contributed by atoms with E-state index in [0.717, 1.165) is 12.8 Å². The second-order valence-corrected chi connectivity index (χ2v) is 7.05. The monoisotopic (exact) mass is 340 g/mol. The Morgan fingerprint density at radius 3 is 2.50 bits per heavy atom. The molecule has 0 aromatic heterocycles. The van der Waals surface area contributed by atoms with E-state index in [1.807, 2.05) is 0 Å². The van der Waals surface area contributed by atoms with Crippen molar-refractivity contribution in [2.24, 2.45) is 17.8 Å². The number of hydrogen-bond acceptors (Lipinski definition) is 6. The predicted molar refractivity (Wildman–Crippen MR) is 86.8 cm³/mol. The van der Waals surface area contributed by atoms with Gasteiger partial charge in [-0.2, -0.15) is 0 Å². The third kappa shape index (κ3) is 4.09. The van der Waals surface area contributed by atoms with Gasteiger partial charge < -0.3 is 18.9 Å². The first kappa shape index (κ1) is 18.8. The first-order chi connectivity index (χ1) is 11.4. The molecule has 1 aliphatic heterocycles. The molecule has 0 radical (unpaired) electrons. The Morgan fingerprint density at radius 1 is 1.21 bits per heavy atom. The molecular weight excluding hydrogens is 312 g/mol. The van der Waals surface area contributed by atoms with Crippen molar-refractivity contribution in [2.45, 2.75) is 58.8 Å². The average molecular weight is 340 g/mol. The first-order valence-corrected chi connectivity index (χ1v) is 8.57. The Labute approximate surface area is 143 Å². The summed E-state index contributed by atoms with van der Waals surface area (Å²) >= 11 is 0. The van der Waals surface area contributed by atoms with Gasteiger partial charge in [-0.3, -0.25) is 4.79 Å². The van der Waals surface area contributed by atoms with Gasteiger partial charge in [-0.1, -0.05) is 27.2 Å². The lowest BCUT2D eigenvalue weighted by atomic mass is 9.75. The molecule has 24 heavy (non-hydrogen) atoms. The fraction of sp³-hybridized carbons (Fsp3) is 0.778. The van der Waals surface area contributed by atoms with Gasteiger partial charge >= 0.3 is 11.9 Å². The topological polar surface area (TPSA) is 71.1 Å². The minimum absolute atomic E-state index is 0.00157. The minimum Gasteiger partial charge on any atom is -0.490 e. The molecule has 2 aliphatic rings. The highest BCUT2D eigenvalue weighted by atomic mass is 16.7. The Kier molecular flexibility index (Phi) is 6.27. The number of ether oxygens (including phenoxy) is 4. The maximum Gasteiger partial charge on any atom is 0.373 e. The maximum atomic E-state index is 11.9. The molecule has 136 valence electrons. The van der Waals surface area contributed by atoms with Crippen molar-refractivity contribution in [1.29, 1.82) is 0 Å². The van der Waals surface area contributed by atoms with Gasteiger partial charge in [0.2, 0.25) is 12.0 Å². The lowest BCUT2D eigenvalue weighted by Crippen LogP contribution is -2.37. The van der Waals surface area contributed by atoms with Crippen molar-refractivity contribution in [3.05, 3.63) is 11.3 Å². The van der Waals surface area contributed by atoms with E-state index in [0.29, 0.717) is 23.3 Å². The van der Waals surface area contributed by atoms with Gasteiger partial charge in [0.15, 0.2) is 0 Å². The molecule has 2 rings (SSSR count). The molecule has 0 aromatic carbocycles. The van der Waals surface area contributed by atoms with Crippen LogP contribution >= 0.6 is 0 Å². The standard InChI is InChI=1S/C18H28O6/c1-10(2)12-7-6-11(3)8-14(12)23-18-13(9-15(19)24-18)16(21-4)17(20)22-5/h10-12,14,18H,6-9H2,1-5H3/b16-13-/t11-,12+,14-,18-/m1/s1. The summed E-state index contributed by atoms with van der Waals surface area (Å²) in [6.07, 6.45) is 2.31. The quantitative estimate of drug-likeness (QED) is 0.435. The molecule has 2 fully saturated rings. The SMILES string of the molecule is COC(=O)/C(OC)=C1\CC(=O)O[C@H]1O[C@@H]1C[C@H](C)CC[C@H]1C(C)C. The Hall–Kier alpha value is -1.56. The molecule has 6 nitrogen and oxygen atoms in total. The molecule has 0 spiro atoms. The first-order valence-electron chi connectivity index (χ1n) is 8.57. The normalized spacial score (nSPS) is 32.5. The zero-order chi connectivity index (χ0) is 17.9. The predicted octanol–water partition coefficient (Wildman–Crippen LogP) is 2.81. The lowest BCUT2D eigenvalue weighted by Gasteiger charge is -2.38. The number of esters is 2. The maximum absolute atomic E-state index is 11.9. The van der Waals surface area contributed by atoms with Crippen molar-refractivity contribution in [3.63, 3.8) is 0 Å². The van der Waals surface area contributed by atoms with Gasteiger partial charge in [-0.25, -0.2) is 4.79 Å². The van der Waals surface area contributed by atoms with Crippen LogP contribution in [0.2, 0.25) is 0 Å². The van der Waals surface area contributed by atoms with Crippen LogP contribution in [0.25, 0.3) is 0 Å². The Balaban J connectivity index is 2.23.